The highest BCUT2D eigenvalue weighted by Gasteiger charge is 2.37. The van der Waals surface area contributed by atoms with Gasteiger partial charge in [0.1, 0.15) is 29.5 Å². The number of pyridine rings is 1. The second kappa shape index (κ2) is 12.6. The molecule has 212 valence electrons. The molecule has 3 aliphatic rings. The number of anilines is 1. The number of nitrogens with one attached hydrogen (secondary N) is 1. The number of ether oxygens (including phenoxy) is 2. The highest BCUT2D eigenvalue weighted by atomic mass is 19.1. The highest BCUT2D eigenvalue weighted by molar-refractivity contribution is 5.77. The van der Waals surface area contributed by atoms with Gasteiger partial charge in [-0.05, 0) is 80.7 Å². The molecule has 0 unspecified atom stereocenters. The molecule has 2 N–H and O–H groups in total. The number of benzene rings is 1. The Hall–Kier alpha value is -2.71. The molecule has 1 aromatic heterocycles. The van der Waals surface area contributed by atoms with Crippen LogP contribution < -0.4 is 10.1 Å². The van der Waals surface area contributed by atoms with Gasteiger partial charge in [0, 0.05) is 29.9 Å². The van der Waals surface area contributed by atoms with Crippen LogP contribution in [0.1, 0.15) is 80.8 Å². The van der Waals surface area contributed by atoms with E-state index in [0.29, 0.717) is 42.5 Å². The number of likely N-dealkylation sites (tertiary alicyclic amines) is 1. The molecule has 2 aromatic rings. The molecule has 3 aliphatic heterocycles. The molecule has 1 saturated heterocycles. The van der Waals surface area contributed by atoms with E-state index in [4.69, 9.17) is 14.5 Å². The molecule has 0 amide bonds. The number of hydrogen-bond donors (Lipinski definition) is 2. The van der Waals surface area contributed by atoms with Crippen LogP contribution in [0.25, 0.3) is 0 Å². The Morgan fingerprint density at radius 1 is 1.23 bits per heavy atom. The molecule has 0 radical (unpaired) electrons. The minimum atomic E-state index is -0.967. The third kappa shape index (κ3) is 6.72. The number of aryl methyl sites for hydroxylation is 2. The SMILES string of the molecule is CC(C)[C@@H]1COCc2cc(F)cc([C@H](C(=O)O)N3CC[C@@H](CCCCCc4ccc5c(n4)NCCC5)C3)c2O1. The standard InChI is InChI=1S/C31H42FN3O4/c1-20(2)27-19-38-18-23-15-24(32)16-26(29(23)39-27)28(31(36)37)35-14-12-21(17-35)7-4-3-5-9-25-11-10-22-8-6-13-33-30(22)34-25/h10-11,15-16,20-21,27-28H,3-9,12-14,17-19H2,1-2H3,(H,33,34)(H,36,37)/t21-,27+,28-/m1/s1. The summed E-state index contributed by atoms with van der Waals surface area (Å²) < 4.78 is 26.7. The quantitative estimate of drug-likeness (QED) is 0.371. The second-order valence-electron chi connectivity index (χ2n) is 11.7. The molecule has 0 spiro atoms. The molecule has 8 heteroatoms. The van der Waals surface area contributed by atoms with Crippen molar-refractivity contribution in [3.05, 3.63) is 52.5 Å². The van der Waals surface area contributed by atoms with Gasteiger partial charge in [0.25, 0.3) is 0 Å². The van der Waals surface area contributed by atoms with E-state index in [0.717, 1.165) is 63.0 Å². The first kappa shape index (κ1) is 27.8. The monoisotopic (exact) mass is 539 g/mol. The number of fused-ring (bicyclic) bond motifs is 2. The van der Waals surface area contributed by atoms with Gasteiger partial charge < -0.3 is 19.9 Å². The van der Waals surface area contributed by atoms with Crippen LogP contribution in [0.15, 0.2) is 24.3 Å². The molecular formula is C31H42FN3O4. The van der Waals surface area contributed by atoms with Crippen LogP contribution in [0.2, 0.25) is 0 Å². The predicted octanol–water partition coefficient (Wildman–Crippen LogP) is 5.76. The number of carboxylic acids is 1. The summed E-state index contributed by atoms with van der Waals surface area (Å²) in [6, 6.07) is 6.20. The number of aliphatic carboxylic acids is 1. The van der Waals surface area contributed by atoms with Crippen LogP contribution in [-0.2, 0) is 29.0 Å². The van der Waals surface area contributed by atoms with Gasteiger partial charge in [-0.2, -0.15) is 0 Å². The van der Waals surface area contributed by atoms with Crippen molar-refractivity contribution in [1.82, 2.24) is 9.88 Å². The van der Waals surface area contributed by atoms with E-state index in [2.05, 4.69) is 17.4 Å². The topological polar surface area (TPSA) is 83.9 Å². The Morgan fingerprint density at radius 2 is 2.10 bits per heavy atom. The fourth-order valence-electron chi connectivity index (χ4n) is 6.17. The Labute approximate surface area is 231 Å². The third-order valence-electron chi connectivity index (χ3n) is 8.42. The van der Waals surface area contributed by atoms with Crippen LogP contribution in [0.4, 0.5) is 10.2 Å². The van der Waals surface area contributed by atoms with Gasteiger partial charge in [-0.25, -0.2) is 9.37 Å². The van der Waals surface area contributed by atoms with E-state index in [1.54, 1.807) is 0 Å². The first-order valence-electron chi connectivity index (χ1n) is 14.6. The first-order valence-corrected chi connectivity index (χ1v) is 14.6. The van der Waals surface area contributed by atoms with Crippen LogP contribution >= 0.6 is 0 Å². The molecule has 0 aliphatic carbocycles. The molecule has 7 nitrogen and oxygen atoms in total. The Morgan fingerprint density at radius 3 is 2.92 bits per heavy atom. The Balaban J connectivity index is 1.17. The minimum absolute atomic E-state index is 0.188. The average molecular weight is 540 g/mol. The van der Waals surface area contributed by atoms with Crippen molar-refractivity contribution in [2.75, 3.05) is 31.6 Å². The van der Waals surface area contributed by atoms with Crippen LogP contribution in [-0.4, -0.2) is 53.3 Å². The molecule has 5 rings (SSSR count). The van der Waals surface area contributed by atoms with Crippen molar-refractivity contribution >= 4 is 11.8 Å². The number of carbonyl (C=O) groups is 1. The maximum atomic E-state index is 14.6. The maximum Gasteiger partial charge on any atom is 0.325 e. The van der Waals surface area contributed by atoms with Crippen molar-refractivity contribution in [2.45, 2.75) is 84.0 Å². The van der Waals surface area contributed by atoms with Crippen molar-refractivity contribution in [1.29, 1.82) is 0 Å². The lowest BCUT2D eigenvalue weighted by Crippen LogP contribution is -2.34. The number of nitrogens with zero attached hydrogens (tertiary/aromatic N) is 2. The molecule has 3 atom stereocenters. The zero-order chi connectivity index (χ0) is 27.4. The molecule has 4 heterocycles. The van der Waals surface area contributed by atoms with Gasteiger partial charge >= 0.3 is 5.97 Å². The lowest BCUT2D eigenvalue weighted by molar-refractivity contribution is -0.143. The number of hydrogen-bond acceptors (Lipinski definition) is 6. The zero-order valence-electron chi connectivity index (χ0n) is 23.3. The normalized spacial score (nSPS) is 21.9. The fourth-order valence-corrected chi connectivity index (χ4v) is 6.17. The molecular weight excluding hydrogens is 497 g/mol. The number of unbranched alkanes of at least 4 members (excludes halogenated alkanes) is 2. The van der Waals surface area contributed by atoms with Crippen molar-refractivity contribution in [3.63, 3.8) is 0 Å². The van der Waals surface area contributed by atoms with Gasteiger partial charge in [-0.1, -0.05) is 32.8 Å². The minimum Gasteiger partial charge on any atom is -0.487 e. The molecule has 39 heavy (non-hydrogen) atoms. The van der Waals surface area contributed by atoms with E-state index in [1.165, 1.54) is 24.1 Å². The van der Waals surface area contributed by atoms with Gasteiger partial charge in [-0.3, -0.25) is 9.69 Å². The largest absolute Gasteiger partial charge is 0.487 e. The summed E-state index contributed by atoms with van der Waals surface area (Å²) in [6.45, 7) is 7.09. The summed E-state index contributed by atoms with van der Waals surface area (Å²) in [4.78, 5) is 19.3. The second-order valence-corrected chi connectivity index (χ2v) is 11.7. The van der Waals surface area contributed by atoms with Gasteiger partial charge in [0.15, 0.2) is 0 Å². The number of aromatic nitrogens is 1. The van der Waals surface area contributed by atoms with E-state index < -0.39 is 17.8 Å². The van der Waals surface area contributed by atoms with Gasteiger partial charge in [0.05, 0.1) is 13.2 Å². The lowest BCUT2D eigenvalue weighted by atomic mass is 9.98. The van der Waals surface area contributed by atoms with E-state index in [1.807, 2.05) is 18.7 Å². The van der Waals surface area contributed by atoms with Gasteiger partial charge in [0.2, 0.25) is 0 Å². The molecule has 1 aromatic carbocycles. The average Bonchev–Trinajstić information content (AvgIpc) is 3.25. The summed E-state index contributed by atoms with van der Waals surface area (Å²) >= 11 is 0. The Bertz CT molecular complexity index is 1160. The number of carboxylic acid groups (broad SMARTS) is 1. The van der Waals surface area contributed by atoms with E-state index >= 15 is 0 Å². The molecule has 0 bridgehead atoms. The summed E-state index contributed by atoms with van der Waals surface area (Å²) in [7, 11) is 0. The highest BCUT2D eigenvalue weighted by Crippen LogP contribution is 2.39. The van der Waals surface area contributed by atoms with Crippen LogP contribution in [0.5, 0.6) is 5.75 Å². The molecule has 1 fully saturated rings. The first-order chi connectivity index (χ1) is 18.9. The molecule has 0 saturated carbocycles. The fraction of sp³-hybridized carbons (Fsp3) is 0.613. The summed E-state index contributed by atoms with van der Waals surface area (Å²) in [5, 5.41) is 13.7. The van der Waals surface area contributed by atoms with Gasteiger partial charge in [-0.15, -0.1) is 0 Å². The maximum absolute atomic E-state index is 14.6. The third-order valence-corrected chi connectivity index (χ3v) is 8.42. The van der Waals surface area contributed by atoms with Crippen molar-refractivity contribution in [3.8, 4) is 5.75 Å². The smallest absolute Gasteiger partial charge is 0.325 e. The summed E-state index contributed by atoms with van der Waals surface area (Å²) in [5.74, 6) is 0.751. The predicted molar refractivity (Wildman–Crippen MR) is 149 cm³/mol. The number of rotatable bonds is 10. The lowest BCUT2D eigenvalue weighted by Gasteiger charge is -2.28. The summed E-state index contributed by atoms with van der Waals surface area (Å²) in [5.41, 5.74) is 3.46. The zero-order valence-corrected chi connectivity index (χ0v) is 23.3. The van der Waals surface area contributed by atoms with Crippen molar-refractivity contribution < 1.29 is 23.8 Å². The van der Waals surface area contributed by atoms with Crippen LogP contribution in [0.3, 0.4) is 0 Å². The van der Waals surface area contributed by atoms with E-state index in [-0.39, 0.29) is 18.6 Å². The van der Waals surface area contributed by atoms with E-state index in [9.17, 15) is 14.3 Å². The number of halogens is 1. The Kier molecular flexibility index (Phi) is 9.03. The van der Waals surface area contributed by atoms with Crippen molar-refractivity contribution in [2.24, 2.45) is 11.8 Å². The van der Waals surface area contributed by atoms with Crippen LogP contribution in [0, 0.1) is 17.7 Å². The summed E-state index contributed by atoms with van der Waals surface area (Å²) in [6.07, 6.45) is 8.44.